The maximum Gasteiger partial charge on any atom is 0.254 e. The minimum atomic E-state index is 0.0231. The highest BCUT2D eigenvalue weighted by atomic mass is 32.2. The van der Waals surface area contributed by atoms with Crippen molar-refractivity contribution in [3.63, 3.8) is 0 Å². The Kier molecular flexibility index (Phi) is 4.10. The monoisotopic (exact) mass is 301 g/mol. The van der Waals surface area contributed by atoms with Crippen LogP contribution in [0.3, 0.4) is 0 Å². The lowest BCUT2D eigenvalue weighted by Gasteiger charge is -2.27. The van der Waals surface area contributed by atoms with E-state index in [-0.39, 0.29) is 11.7 Å². The molecule has 1 aromatic heterocycles. The number of hydrogen-bond acceptors (Lipinski definition) is 4. The highest BCUT2D eigenvalue weighted by molar-refractivity contribution is 7.99. The highest BCUT2D eigenvalue weighted by Crippen LogP contribution is 2.27. The first kappa shape index (κ1) is 13.9. The maximum absolute atomic E-state index is 12.7. The Hall–Kier alpha value is -2.01. The minimum Gasteiger partial charge on any atom is -0.453 e. The smallest absolute Gasteiger partial charge is 0.254 e. The number of thioether (sulfide) groups is 1. The van der Waals surface area contributed by atoms with Crippen LogP contribution in [0, 0.1) is 0 Å². The van der Waals surface area contributed by atoms with E-state index >= 15 is 0 Å². The van der Waals surface area contributed by atoms with Crippen molar-refractivity contribution in [2.45, 2.75) is 0 Å². The Balaban J connectivity index is 1.95. The normalized spacial score (nSPS) is 15.0. The molecule has 0 atom stereocenters. The molecule has 0 aliphatic carbocycles. The third kappa shape index (κ3) is 2.88. The summed E-state index contributed by atoms with van der Waals surface area (Å²) in [6, 6.07) is 10.7. The first-order valence-corrected chi connectivity index (χ1v) is 7.96. The van der Waals surface area contributed by atoms with E-state index < -0.39 is 0 Å². The number of amides is 1. The van der Waals surface area contributed by atoms with Crippen LogP contribution in [0.5, 0.6) is 0 Å². The number of carbonyl (C=O) groups is 2. The number of nitrogens with zero attached hydrogens (tertiary/aromatic N) is 1. The Morgan fingerprint density at radius 1 is 1.14 bits per heavy atom. The van der Waals surface area contributed by atoms with Crippen molar-refractivity contribution in [2.75, 3.05) is 24.6 Å². The average molecular weight is 301 g/mol. The zero-order valence-corrected chi connectivity index (χ0v) is 12.3. The summed E-state index contributed by atoms with van der Waals surface area (Å²) in [6.45, 7) is 1.55. The van der Waals surface area contributed by atoms with Crippen molar-refractivity contribution in [2.24, 2.45) is 0 Å². The molecule has 5 heteroatoms. The van der Waals surface area contributed by atoms with Crippen molar-refractivity contribution >= 4 is 24.0 Å². The van der Waals surface area contributed by atoms with E-state index in [1.807, 2.05) is 40.9 Å². The Bertz CT molecular complexity index is 659. The van der Waals surface area contributed by atoms with Gasteiger partial charge in [-0.1, -0.05) is 18.2 Å². The van der Waals surface area contributed by atoms with Crippen molar-refractivity contribution < 1.29 is 14.0 Å². The second kappa shape index (κ2) is 6.18. The van der Waals surface area contributed by atoms with Gasteiger partial charge in [0.15, 0.2) is 12.0 Å². The molecule has 2 heterocycles. The van der Waals surface area contributed by atoms with E-state index in [4.69, 9.17) is 4.42 Å². The van der Waals surface area contributed by atoms with Crippen LogP contribution in [-0.2, 0) is 0 Å². The lowest BCUT2D eigenvalue weighted by atomic mass is 10.0. The van der Waals surface area contributed by atoms with Gasteiger partial charge in [0, 0.05) is 30.2 Å². The first-order valence-electron chi connectivity index (χ1n) is 6.81. The number of hydrogen-bond donors (Lipinski definition) is 0. The summed E-state index contributed by atoms with van der Waals surface area (Å²) >= 11 is 1.87. The highest BCUT2D eigenvalue weighted by Gasteiger charge is 2.22. The number of carbonyl (C=O) groups excluding carboxylic acids is 2. The third-order valence-electron chi connectivity index (χ3n) is 3.46. The molecule has 1 amide bonds. The molecule has 4 nitrogen and oxygen atoms in total. The number of rotatable bonds is 3. The Morgan fingerprint density at radius 3 is 2.62 bits per heavy atom. The van der Waals surface area contributed by atoms with Crippen LogP contribution in [0.2, 0.25) is 0 Å². The summed E-state index contributed by atoms with van der Waals surface area (Å²) < 4.78 is 5.45. The van der Waals surface area contributed by atoms with E-state index in [0.717, 1.165) is 30.2 Å². The first-order chi connectivity index (χ1) is 10.3. The quantitative estimate of drug-likeness (QED) is 0.818. The molecule has 0 radical (unpaired) electrons. The van der Waals surface area contributed by atoms with Crippen LogP contribution in [-0.4, -0.2) is 41.7 Å². The minimum absolute atomic E-state index is 0.0231. The SMILES string of the molecule is O=Cc1ccc(-c2ccccc2C(=O)N2CCSCC2)o1. The molecule has 0 spiro atoms. The standard InChI is InChI=1S/C16H15NO3S/c18-11-12-5-6-15(20-12)13-3-1-2-4-14(13)16(19)17-7-9-21-10-8-17/h1-6,11H,7-10H2. The fourth-order valence-electron chi connectivity index (χ4n) is 2.38. The van der Waals surface area contributed by atoms with Gasteiger partial charge in [0.1, 0.15) is 5.76 Å². The lowest BCUT2D eigenvalue weighted by Crippen LogP contribution is -2.38. The van der Waals surface area contributed by atoms with Gasteiger partial charge in [0.2, 0.25) is 0 Å². The van der Waals surface area contributed by atoms with Crippen molar-refractivity contribution in [3.8, 4) is 11.3 Å². The van der Waals surface area contributed by atoms with Gasteiger partial charge >= 0.3 is 0 Å². The van der Waals surface area contributed by atoms with Gasteiger partial charge in [0.25, 0.3) is 5.91 Å². The van der Waals surface area contributed by atoms with Gasteiger partial charge in [-0.25, -0.2) is 0 Å². The largest absolute Gasteiger partial charge is 0.453 e. The second-order valence-corrected chi connectivity index (χ2v) is 5.99. The summed E-state index contributed by atoms with van der Waals surface area (Å²) in [5.41, 5.74) is 1.35. The van der Waals surface area contributed by atoms with E-state index in [2.05, 4.69) is 0 Å². The van der Waals surface area contributed by atoms with Gasteiger partial charge in [0.05, 0.1) is 5.56 Å². The summed E-state index contributed by atoms with van der Waals surface area (Å²) in [4.78, 5) is 25.3. The zero-order valence-electron chi connectivity index (χ0n) is 11.5. The van der Waals surface area contributed by atoms with Gasteiger partial charge < -0.3 is 9.32 Å². The van der Waals surface area contributed by atoms with Gasteiger partial charge in [-0.15, -0.1) is 0 Å². The van der Waals surface area contributed by atoms with E-state index in [0.29, 0.717) is 17.6 Å². The zero-order chi connectivity index (χ0) is 14.7. The Labute approximate surface area is 127 Å². The van der Waals surface area contributed by atoms with E-state index in [9.17, 15) is 9.59 Å². The molecule has 1 aliphatic rings. The maximum atomic E-state index is 12.7. The molecule has 21 heavy (non-hydrogen) atoms. The third-order valence-corrected chi connectivity index (χ3v) is 4.41. The summed E-state index contributed by atoms with van der Waals surface area (Å²) in [5.74, 6) is 2.79. The van der Waals surface area contributed by atoms with Crippen LogP contribution < -0.4 is 0 Å². The predicted molar refractivity (Wildman–Crippen MR) is 82.8 cm³/mol. The number of benzene rings is 1. The second-order valence-electron chi connectivity index (χ2n) is 4.77. The summed E-state index contributed by atoms with van der Waals surface area (Å²) in [7, 11) is 0. The van der Waals surface area contributed by atoms with E-state index in [1.165, 1.54) is 0 Å². The topological polar surface area (TPSA) is 50.5 Å². The average Bonchev–Trinajstić information content (AvgIpc) is 3.04. The molecule has 1 saturated heterocycles. The molecule has 1 aromatic carbocycles. The van der Waals surface area contributed by atoms with Crippen LogP contribution >= 0.6 is 11.8 Å². The van der Waals surface area contributed by atoms with Crippen LogP contribution in [0.15, 0.2) is 40.8 Å². The van der Waals surface area contributed by atoms with Gasteiger partial charge in [-0.3, -0.25) is 9.59 Å². The van der Waals surface area contributed by atoms with Crippen molar-refractivity contribution in [1.29, 1.82) is 0 Å². The fourth-order valence-corrected chi connectivity index (χ4v) is 3.29. The molecule has 0 unspecified atom stereocenters. The van der Waals surface area contributed by atoms with Crippen molar-refractivity contribution in [1.82, 2.24) is 4.90 Å². The molecule has 1 fully saturated rings. The van der Waals surface area contributed by atoms with E-state index in [1.54, 1.807) is 12.1 Å². The van der Waals surface area contributed by atoms with Crippen LogP contribution in [0.1, 0.15) is 20.9 Å². The summed E-state index contributed by atoms with van der Waals surface area (Å²) in [5, 5.41) is 0. The lowest BCUT2D eigenvalue weighted by molar-refractivity contribution is 0.0773. The number of furan rings is 1. The predicted octanol–water partition coefficient (Wildman–Crippen LogP) is 2.95. The molecule has 0 saturated carbocycles. The van der Waals surface area contributed by atoms with Crippen LogP contribution in [0.25, 0.3) is 11.3 Å². The Morgan fingerprint density at radius 2 is 1.90 bits per heavy atom. The molecular formula is C16H15NO3S. The van der Waals surface area contributed by atoms with Crippen LogP contribution in [0.4, 0.5) is 0 Å². The molecule has 0 bridgehead atoms. The summed E-state index contributed by atoms with van der Waals surface area (Å²) in [6.07, 6.45) is 0.662. The molecule has 0 N–H and O–H groups in total. The molecular weight excluding hydrogens is 286 g/mol. The fraction of sp³-hybridized carbons (Fsp3) is 0.250. The number of aldehydes is 1. The van der Waals surface area contributed by atoms with Crippen molar-refractivity contribution in [3.05, 3.63) is 47.7 Å². The van der Waals surface area contributed by atoms with Gasteiger partial charge in [-0.05, 0) is 18.2 Å². The van der Waals surface area contributed by atoms with Gasteiger partial charge in [-0.2, -0.15) is 11.8 Å². The molecule has 2 aromatic rings. The molecule has 108 valence electrons. The molecule has 3 rings (SSSR count). The molecule has 1 aliphatic heterocycles.